The van der Waals surface area contributed by atoms with Crippen molar-refractivity contribution in [2.45, 2.75) is 64.8 Å². The van der Waals surface area contributed by atoms with Gasteiger partial charge in [0.1, 0.15) is 5.54 Å². The lowest BCUT2D eigenvalue weighted by Crippen LogP contribution is -2.51. The molecule has 1 unspecified atom stereocenters. The quantitative estimate of drug-likeness (QED) is 0.495. The minimum Gasteiger partial charge on any atom is -0.465 e. The number of hydrogen-bond acceptors (Lipinski definition) is 4. The molecule has 1 rings (SSSR count). The first-order valence-electron chi connectivity index (χ1n) is 8.12. The first-order chi connectivity index (χ1) is 9.62. The van der Waals surface area contributed by atoms with Crippen LogP contribution in [0, 0.1) is 5.92 Å². The maximum absolute atomic E-state index is 12.1. The van der Waals surface area contributed by atoms with Crippen molar-refractivity contribution >= 4 is 5.97 Å². The molecule has 1 saturated carbocycles. The lowest BCUT2D eigenvalue weighted by molar-refractivity contribution is -0.151. The van der Waals surface area contributed by atoms with Gasteiger partial charge < -0.3 is 14.8 Å². The molecule has 118 valence electrons. The smallest absolute Gasteiger partial charge is 0.326 e. The van der Waals surface area contributed by atoms with Gasteiger partial charge in [-0.15, -0.1) is 0 Å². The maximum Gasteiger partial charge on any atom is 0.326 e. The summed E-state index contributed by atoms with van der Waals surface area (Å²) in [5.41, 5.74) is -0.623. The Balaban J connectivity index is 2.32. The molecule has 0 aliphatic heterocycles. The SMILES string of the molecule is CCCNC(C)(CCOCC1CCCC1)C(=O)OCC. The predicted molar refractivity (Wildman–Crippen MR) is 80.7 cm³/mol. The Hall–Kier alpha value is -0.610. The Morgan fingerprint density at radius 1 is 1.30 bits per heavy atom. The third kappa shape index (κ3) is 5.80. The van der Waals surface area contributed by atoms with Crippen LogP contribution in [0.2, 0.25) is 0 Å². The van der Waals surface area contributed by atoms with E-state index in [0.29, 0.717) is 19.6 Å². The lowest BCUT2D eigenvalue weighted by Gasteiger charge is -2.28. The summed E-state index contributed by atoms with van der Waals surface area (Å²) in [5, 5.41) is 3.30. The van der Waals surface area contributed by atoms with Crippen LogP contribution in [0.4, 0.5) is 0 Å². The number of carbonyl (C=O) groups excluding carboxylic acids is 1. The topological polar surface area (TPSA) is 47.6 Å². The van der Waals surface area contributed by atoms with E-state index in [0.717, 1.165) is 25.5 Å². The van der Waals surface area contributed by atoms with Crippen LogP contribution >= 0.6 is 0 Å². The Kier molecular flexibility index (Phi) is 8.15. The third-order valence-corrected chi connectivity index (χ3v) is 4.07. The average Bonchev–Trinajstić information content (AvgIpc) is 2.95. The van der Waals surface area contributed by atoms with E-state index in [1.165, 1.54) is 25.7 Å². The highest BCUT2D eigenvalue weighted by Gasteiger charge is 2.33. The predicted octanol–water partition coefficient (Wildman–Crippen LogP) is 2.90. The van der Waals surface area contributed by atoms with Gasteiger partial charge in [0, 0.05) is 13.2 Å². The molecule has 4 heteroatoms. The Bertz CT molecular complexity index is 277. The van der Waals surface area contributed by atoms with Gasteiger partial charge in [-0.2, -0.15) is 0 Å². The van der Waals surface area contributed by atoms with Gasteiger partial charge >= 0.3 is 5.97 Å². The molecule has 1 atom stereocenters. The lowest BCUT2D eigenvalue weighted by atomic mass is 9.98. The zero-order valence-electron chi connectivity index (χ0n) is 13.4. The van der Waals surface area contributed by atoms with Gasteiger partial charge in [-0.3, -0.25) is 4.79 Å². The summed E-state index contributed by atoms with van der Waals surface area (Å²) in [7, 11) is 0. The maximum atomic E-state index is 12.1. The average molecular weight is 285 g/mol. The standard InChI is InChI=1S/C16H31NO3/c1-4-11-17-16(3,15(18)20-5-2)10-12-19-13-14-8-6-7-9-14/h14,17H,4-13H2,1-3H3. The number of hydrogen-bond donors (Lipinski definition) is 1. The number of carbonyl (C=O) groups is 1. The molecule has 20 heavy (non-hydrogen) atoms. The van der Waals surface area contributed by atoms with E-state index >= 15 is 0 Å². The van der Waals surface area contributed by atoms with E-state index < -0.39 is 5.54 Å². The zero-order chi connectivity index (χ0) is 14.8. The molecule has 1 fully saturated rings. The molecule has 0 radical (unpaired) electrons. The number of ether oxygens (including phenoxy) is 2. The largest absolute Gasteiger partial charge is 0.465 e. The van der Waals surface area contributed by atoms with Crippen LogP contribution in [0.3, 0.4) is 0 Å². The number of esters is 1. The van der Waals surface area contributed by atoms with Crippen LogP contribution in [0.25, 0.3) is 0 Å². The van der Waals surface area contributed by atoms with Crippen molar-refractivity contribution in [3.05, 3.63) is 0 Å². The van der Waals surface area contributed by atoms with E-state index in [9.17, 15) is 4.79 Å². The monoisotopic (exact) mass is 285 g/mol. The molecular weight excluding hydrogens is 254 g/mol. The molecule has 0 aromatic rings. The van der Waals surface area contributed by atoms with Gasteiger partial charge in [-0.25, -0.2) is 0 Å². The highest BCUT2D eigenvalue weighted by atomic mass is 16.5. The van der Waals surface area contributed by atoms with Crippen molar-refractivity contribution in [2.24, 2.45) is 5.92 Å². The molecule has 0 spiro atoms. The van der Waals surface area contributed by atoms with E-state index in [2.05, 4.69) is 12.2 Å². The second kappa shape index (κ2) is 9.35. The minimum atomic E-state index is -0.623. The van der Waals surface area contributed by atoms with Crippen molar-refractivity contribution in [1.29, 1.82) is 0 Å². The third-order valence-electron chi connectivity index (χ3n) is 4.07. The second-order valence-electron chi connectivity index (χ2n) is 5.95. The van der Waals surface area contributed by atoms with Crippen LogP contribution in [-0.4, -0.2) is 37.9 Å². The zero-order valence-corrected chi connectivity index (χ0v) is 13.4. The summed E-state index contributed by atoms with van der Waals surface area (Å²) >= 11 is 0. The number of nitrogens with one attached hydrogen (secondary N) is 1. The van der Waals surface area contributed by atoms with E-state index in [-0.39, 0.29) is 5.97 Å². The van der Waals surface area contributed by atoms with Crippen LogP contribution in [0.1, 0.15) is 59.3 Å². The van der Waals surface area contributed by atoms with E-state index in [4.69, 9.17) is 9.47 Å². The highest BCUT2D eigenvalue weighted by Crippen LogP contribution is 2.25. The molecule has 1 aliphatic carbocycles. The Morgan fingerprint density at radius 2 is 2.00 bits per heavy atom. The van der Waals surface area contributed by atoms with Gasteiger partial charge in [0.05, 0.1) is 6.61 Å². The van der Waals surface area contributed by atoms with Crippen molar-refractivity contribution in [1.82, 2.24) is 5.32 Å². The molecule has 0 heterocycles. The first-order valence-corrected chi connectivity index (χ1v) is 8.12. The molecule has 4 nitrogen and oxygen atoms in total. The molecule has 0 aromatic heterocycles. The van der Waals surface area contributed by atoms with Crippen LogP contribution in [-0.2, 0) is 14.3 Å². The van der Waals surface area contributed by atoms with E-state index in [1.807, 2.05) is 13.8 Å². The molecule has 1 aliphatic rings. The first kappa shape index (κ1) is 17.4. The summed E-state index contributed by atoms with van der Waals surface area (Å²) in [5.74, 6) is 0.561. The normalized spacial score (nSPS) is 18.9. The summed E-state index contributed by atoms with van der Waals surface area (Å²) in [6.07, 6.45) is 6.93. The fraction of sp³-hybridized carbons (Fsp3) is 0.938. The van der Waals surface area contributed by atoms with Crippen molar-refractivity contribution in [2.75, 3.05) is 26.4 Å². The summed E-state index contributed by atoms with van der Waals surface area (Å²) in [6, 6.07) is 0. The summed E-state index contributed by atoms with van der Waals surface area (Å²) < 4.78 is 11.0. The van der Waals surface area contributed by atoms with Gasteiger partial charge in [0.2, 0.25) is 0 Å². The molecule has 0 bridgehead atoms. The minimum absolute atomic E-state index is 0.169. The van der Waals surface area contributed by atoms with Gasteiger partial charge in [-0.1, -0.05) is 19.8 Å². The summed E-state index contributed by atoms with van der Waals surface area (Å²) in [4.78, 5) is 12.1. The fourth-order valence-corrected chi connectivity index (χ4v) is 2.66. The molecule has 1 N–H and O–H groups in total. The van der Waals surface area contributed by atoms with E-state index in [1.54, 1.807) is 0 Å². The summed E-state index contributed by atoms with van der Waals surface area (Å²) in [6.45, 7) is 8.54. The molecular formula is C16H31NO3. The Morgan fingerprint density at radius 3 is 2.60 bits per heavy atom. The fourth-order valence-electron chi connectivity index (χ4n) is 2.66. The van der Waals surface area contributed by atoms with Gasteiger partial charge in [0.15, 0.2) is 0 Å². The second-order valence-corrected chi connectivity index (χ2v) is 5.95. The van der Waals surface area contributed by atoms with Crippen molar-refractivity contribution < 1.29 is 14.3 Å². The molecule has 0 aromatic carbocycles. The van der Waals surface area contributed by atoms with Crippen molar-refractivity contribution in [3.63, 3.8) is 0 Å². The van der Waals surface area contributed by atoms with Gasteiger partial charge in [0.25, 0.3) is 0 Å². The van der Waals surface area contributed by atoms with Crippen LogP contribution < -0.4 is 5.32 Å². The molecule has 0 saturated heterocycles. The number of rotatable bonds is 10. The van der Waals surface area contributed by atoms with Gasteiger partial charge in [-0.05, 0) is 52.0 Å². The van der Waals surface area contributed by atoms with Crippen molar-refractivity contribution in [3.8, 4) is 0 Å². The van der Waals surface area contributed by atoms with Crippen LogP contribution in [0.5, 0.6) is 0 Å². The highest BCUT2D eigenvalue weighted by molar-refractivity contribution is 5.80. The molecule has 0 amide bonds. The Labute approximate surface area is 123 Å². The van der Waals surface area contributed by atoms with Crippen LogP contribution in [0.15, 0.2) is 0 Å².